The van der Waals surface area contributed by atoms with Crippen molar-refractivity contribution in [2.75, 3.05) is 13.1 Å². The van der Waals surface area contributed by atoms with Crippen LogP contribution >= 0.6 is 11.6 Å². The Kier molecular flexibility index (Phi) is 4.58. The van der Waals surface area contributed by atoms with Gasteiger partial charge in [0.2, 0.25) is 5.91 Å². The summed E-state index contributed by atoms with van der Waals surface area (Å²) in [5.41, 5.74) is 0.795. The van der Waals surface area contributed by atoms with Crippen LogP contribution in [0.25, 0.3) is 0 Å². The van der Waals surface area contributed by atoms with Gasteiger partial charge in [0.25, 0.3) is 0 Å². The quantitative estimate of drug-likeness (QED) is 0.770. The molecule has 0 spiro atoms. The van der Waals surface area contributed by atoms with E-state index < -0.39 is 6.10 Å². The van der Waals surface area contributed by atoms with E-state index in [1.54, 1.807) is 24.3 Å². The first-order chi connectivity index (χ1) is 8.66. The van der Waals surface area contributed by atoms with Gasteiger partial charge in [-0.25, -0.2) is 0 Å². The molecule has 1 aromatic rings. The van der Waals surface area contributed by atoms with Gasteiger partial charge in [0.1, 0.15) is 0 Å². The number of piperidine rings is 1. The number of carbonyl (C=O) groups excluding carboxylic acids is 1. The number of aliphatic hydroxyl groups is 1. The highest BCUT2D eigenvalue weighted by molar-refractivity contribution is 6.30. The van der Waals surface area contributed by atoms with Gasteiger partial charge >= 0.3 is 0 Å². The van der Waals surface area contributed by atoms with Gasteiger partial charge in [-0.15, -0.1) is 0 Å². The van der Waals surface area contributed by atoms with Crippen LogP contribution in [0.5, 0.6) is 0 Å². The van der Waals surface area contributed by atoms with E-state index in [0.29, 0.717) is 11.6 Å². The largest absolute Gasteiger partial charge is 0.387 e. The molecule has 1 aromatic carbocycles. The number of halogens is 1. The standard InChI is InChI=1S/C13H17ClN2O2/c14-10-5-3-9(4-6-10)12(17)8-16-11-2-1-7-15-13(11)18/h3-6,11-12,16-17H,1-2,7-8H2,(H,15,18). The molecule has 98 valence electrons. The second-order valence-corrected chi connectivity index (χ2v) is 4.90. The maximum absolute atomic E-state index is 11.5. The number of hydrogen-bond acceptors (Lipinski definition) is 3. The van der Waals surface area contributed by atoms with Crippen molar-refractivity contribution < 1.29 is 9.90 Å². The maximum atomic E-state index is 11.5. The Morgan fingerprint density at radius 3 is 2.83 bits per heavy atom. The van der Waals surface area contributed by atoms with Crippen LogP contribution in [-0.4, -0.2) is 30.1 Å². The molecule has 2 rings (SSSR count). The van der Waals surface area contributed by atoms with Crippen molar-refractivity contribution in [3.05, 3.63) is 34.9 Å². The molecule has 18 heavy (non-hydrogen) atoms. The molecular weight excluding hydrogens is 252 g/mol. The smallest absolute Gasteiger partial charge is 0.237 e. The van der Waals surface area contributed by atoms with Crippen LogP contribution in [-0.2, 0) is 4.79 Å². The van der Waals surface area contributed by atoms with Gasteiger partial charge in [-0.3, -0.25) is 4.79 Å². The van der Waals surface area contributed by atoms with Crippen molar-refractivity contribution in [3.63, 3.8) is 0 Å². The minimum absolute atomic E-state index is 0.0181. The van der Waals surface area contributed by atoms with Crippen LogP contribution in [0.1, 0.15) is 24.5 Å². The van der Waals surface area contributed by atoms with E-state index in [1.807, 2.05) is 0 Å². The maximum Gasteiger partial charge on any atom is 0.237 e. The van der Waals surface area contributed by atoms with Crippen molar-refractivity contribution in [2.24, 2.45) is 0 Å². The van der Waals surface area contributed by atoms with Crippen molar-refractivity contribution in [1.82, 2.24) is 10.6 Å². The minimum Gasteiger partial charge on any atom is -0.387 e. The Morgan fingerprint density at radius 2 is 2.17 bits per heavy atom. The molecular formula is C13H17ClN2O2. The minimum atomic E-state index is -0.628. The summed E-state index contributed by atoms with van der Waals surface area (Å²) in [7, 11) is 0. The number of benzene rings is 1. The summed E-state index contributed by atoms with van der Waals surface area (Å²) < 4.78 is 0. The molecule has 0 radical (unpaired) electrons. The SMILES string of the molecule is O=C1NCCCC1NCC(O)c1ccc(Cl)cc1. The van der Waals surface area contributed by atoms with E-state index in [2.05, 4.69) is 10.6 Å². The fourth-order valence-electron chi connectivity index (χ4n) is 2.02. The number of nitrogens with one attached hydrogen (secondary N) is 2. The molecule has 0 aromatic heterocycles. The van der Waals surface area contributed by atoms with E-state index in [4.69, 9.17) is 11.6 Å². The number of rotatable bonds is 4. The van der Waals surface area contributed by atoms with Gasteiger partial charge in [-0.05, 0) is 30.5 Å². The highest BCUT2D eigenvalue weighted by Gasteiger charge is 2.22. The van der Waals surface area contributed by atoms with E-state index >= 15 is 0 Å². The second-order valence-electron chi connectivity index (χ2n) is 4.46. The second kappa shape index (κ2) is 6.18. The van der Waals surface area contributed by atoms with Gasteiger partial charge in [0.15, 0.2) is 0 Å². The highest BCUT2D eigenvalue weighted by Crippen LogP contribution is 2.16. The fourth-order valence-corrected chi connectivity index (χ4v) is 2.15. The molecule has 5 heteroatoms. The summed E-state index contributed by atoms with van der Waals surface area (Å²) in [6, 6.07) is 6.87. The lowest BCUT2D eigenvalue weighted by Crippen LogP contribution is -2.49. The molecule has 4 nitrogen and oxygen atoms in total. The topological polar surface area (TPSA) is 61.4 Å². The molecule has 2 atom stereocenters. The third-order valence-corrected chi connectivity index (χ3v) is 3.35. The Hall–Kier alpha value is -1.10. The molecule has 0 aliphatic carbocycles. The Labute approximate surface area is 111 Å². The zero-order chi connectivity index (χ0) is 13.0. The molecule has 0 bridgehead atoms. The van der Waals surface area contributed by atoms with Crippen molar-refractivity contribution in [2.45, 2.75) is 25.0 Å². The third-order valence-electron chi connectivity index (χ3n) is 3.10. The summed E-state index contributed by atoms with van der Waals surface area (Å²) in [4.78, 5) is 11.5. The molecule has 1 fully saturated rings. The lowest BCUT2D eigenvalue weighted by atomic mass is 10.1. The normalized spacial score (nSPS) is 21.4. The average Bonchev–Trinajstić information content (AvgIpc) is 2.38. The Morgan fingerprint density at radius 1 is 1.44 bits per heavy atom. The monoisotopic (exact) mass is 268 g/mol. The highest BCUT2D eigenvalue weighted by atomic mass is 35.5. The predicted molar refractivity (Wildman–Crippen MR) is 70.4 cm³/mol. The van der Waals surface area contributed by atoms with Crippen molar-refractivity contribution in [1.29, 1.82) is 0 Å². The number of amides is 1. The third kappa shape index (κ3) is 3.45. The zero-order valence-corrected chi connectivity index (χ0v) is 10.8. The molecule has 1 saturated heterocycles. The van der Waals surface area contributed by atoms with E-state index in [9.17, 15) is 9.90 Å². The molecule has 1 aliphatic rings. The predicted octanol–water partition coefficient (Wildman–Crippen LogP) is 1.24. The number of hydrogen-bond donors (Lipinski definition) is 3. The summed E-state index contributed by atoms with van der Waals surface area (Å²) >= 11 is 5.78. The van der Waals surface area contributed by atoms with Crippen LogP contribution < -0.4 is 10.6 Å². The lowest BCUT2D eigenvalue weighted by molar-refractivity contribution is -0.124. The summed E-state index contributed by atoms with van der Waals surface area (Å²) in [6.45, 7) is 1.11. The van der Waals surface area contributed by atoms with Crippen molar-refractivity contribution >= 4 is 17.5 Å². The fraction of sp³-hybridized carbons (Fsp3) is 0.462. The first-order valence-corrected chi connectivity index (χ1v) is 6.49. The van der Waals surface area contributed by atoms with E-state index in [0.717, 1.165) is 24.9 Å². The van der Waals surface area contributed by atoms with Gasteiger partial charge in [-0.2, -0.15) is 0 Å². The molecule has 1 heterocycles. The summed E-state index contributed by atoms with van der Waals surface area (Å²) in [6.07, 6.45) is 1.16. The Bertz CT molecular complexity index is 408. The first kappa shape index (κ1) is 13.3. The van der Waals surface area contributed by atoms with Gasteiger partial charge in [-0.1, -0.05) is 23.7 Å². The number of carbonyl (C=O) groups is 1. The molecule has 3 N–H and O–H groups in total. The van der Waals surface area contributed by atoms with Crippen LogP contribution in [0.2, 0.25) is 5.02 Å². The average molecular weight is 269 g/mol. The van der Waals surface area contributed by atoms with Gasteiger partial charge in [0, 0.05) is 18.1 Å². The molecule has 1 amide bonds. The summed E-state index contributed by atoms with van der Waals surface area (Å²) in [5.74, 6) is 0.0181. The number of aliphatic hydroxyl groups excluding tert-OH is 1. The Balaban J connectivity index is 1.85. The van der Waals surface area contributed by atoms with Crippen molar-refractivity contribution in [3.8, 4) is 0 Å². The van der Waals surface area contributed by atoms with E-state index in [1.165, 1.54) is 0 Å². The van der Waals surface area contributed by atoms with Crippen LogP contribution in [0.4, 0.5) is 0 Å². The van der Waals surface area contributed by atoms with Crippen LogP contribution in [0.3, 0.4) is 0 Å². The van der Waals surface area contributed by atoms with Crippen LogP contribution in [0, 0.1) is 0 Å². The van der Waals surface area contributed by atoms with E-state index in [-0.39, 0.29) is 11.9 Å². The van der Waals surface area contributed by atoms with Crippen LogP contribution in [0.15, 0.2) is 24.3 Å². The first-order valence-electron chi connectivity index (χ1n) is 6.11. The zero-order valence-electron chi connectivity index (χ0n) is 10.0. The molecule has 0 saturated carbocycles. The molecule has 2 unspecified atom stereocenters. The molecule has 1 aliphatic heterocycles. The summed E-state index contributed by atoms with van der Waals surface area (Å²) in [5, 5.41) is 16.5. The lowest BCUT2D eigenvalue weighted by Gasteiger charge is -2.24. The van der Waals surface area contributed by atoms with Gasteiger partial charge in [0.05, 0.1) is 12.1 Å². The van der Waals surface area contributed by atoms with Gasteiger partial charge < -0.3 is 15.7 Å².